The zero-order valence-electron chi connectivity index (χ0n) is 13.1. The summed E-state index contributed by atoms with van der Waals surface area (Å²) in [6.07, 6.45) is 7.25. The van der Waals surface area contributed by atoms with Gasteiger partial charge in [0, 0.05) is 32.1 Å². The number of rotatable bonds is 3. The van der Waals surface area contributed by atoms with Crippen LogP contribution in [0.2, 0.25) is 0 Å². The predicted octanol–water partition coefficient (Wildman–Crippen LogP) is 0.612. The maximum Gasteiger partial charge on any atom is 0.242 e. The number of amides is 3. The van der Waals surface area contributed by atoms with Crippen LogP contribution in [-0.2, 0) is 14.4 Å². The lowest BCUT2D eigenvalue weighted by Gasteiger charge is -2.40. The number of likely N-dealkylation sites (tertiary alicyclic amines) is 1. The highest BCUT2D eigenvalue weighted by Gasteiger charge is 2.33. The molecule has 0 aromatic rings. The molecule has 0 spiro atoms. The van der Waals surface area contributed by atoms with Crippen LogP contribution in [0.25, 0.3) is 0 Å². The molecule has 6 heteroatoms. The molecule has 0 aromatic carbocycles. The molecular formula is C16H25N3O3. The van der Waals surface area contributed by atoms with E-state index in [4.69, 9.17) is 0 Å². The minimum Gasteiger partial charge on any atom is -0.336 e. The van der Waals surface area contributed by atoms with Crippen LogP contribution in [0.5, 0.6) is 0 Å². The SMILES string of the molecule is O=C1CCCN1CC(=O)N1CCN(C2CCCCC2)C(=O)C1. The maximum absolute atomic E-state index is 12.4. The van der Waals surface area contributed by atoms with E-state index in [0.717, 1.165) is 19.3 Å². The van der Waals surface area contributed by atoms with E-state index in [0.29, 0.717) is 32.1 Å². The summed E-state index contributed by atoms with van der Waals surface area (Å²) in [5.41, 5.74) is 0. The minimum absolute atomic E-state index is 0.0560. The van der Waals surface area contributed by atoms with Crippen LogP contribution in [0, 0.1) is 0 Å². The number of piperazine rings is 1. The molecule has 1 saturated carbocycles. The van der Waals surface area contributed by atoms with Gasteiger partial charge in [-0.05, 0) is 19.3 Å². The molecule has 3 aliphatic rings. The van der Waals surface area contributed by atoms with Crippen LogP contribution >= 0.6 is 0 Å². The molecule has 2 saturated heterocycles. The molecule has 6 nitrogen and oxygen atoms in total. The van der Waals surface area contributed by atoms with Gasteiger partial charge in [-0.15, -0.1) is 0 Å². The molecule has 2 heterocycles. The van der Waals surface area contributed by atoms with E-state index in [-0.39, 0.29) is 30.8 Å². The van der Waals surface area contributed by atoms with Crippen molar-refractivity contribution >= 4 is 17.7 Å². The minimum atomic E-state index is -0.0908. The number of carbonyl (C=O) groups excluding carboxylic acids is 3. The molecule has 0 unspecified atom stereocenters. The zero-order valence-corrected chi connectivity index (χ0v) is 13.1. The lowest BCUT2D eigenvalue weighted by molar-refractivity contribution is -0.149. The van der Waals surface area contributed by atoms with Crippen LogP contribution in [0.3, 0.4) is 0 Å². The first-order chi connectivity index (χ1) is 10.6. The smallest absolute Gasteiger partial charge is 0.242 e. The summed E-state index contributed by atoms with van der Waals surface area (Å²) in [7, 11) is 0. The standard InChI is InChI=1S/C16H25N3O3/c20-14-7-4-8-17(14)11-15(21)18-9-10-19(16(22)12-18)13-5-2-1-3-6-13/h13H,1-12H2. The van der Waals surface area contributed by atoms with Gasteiger partial charge in [-0.2, -0.15) is 0 Å². The van der Waals surface area contributed by atoms with Crippen LogP contribution in [-0.4, -0.2) is 71.2 Å². The lowest BCUT2D eigenvalue weighted by atomic mass is 9.93. The van der Waals surface area contributed by atoms with Gasteiger partial charge < -0.3 is 14.7 Å². The predicted molar refractivity (Wildman–Crippen MR) is 81.0 cm³/mol. The van der Waals surface area contributed by atoms with Crippen molar-refractivity contribution < 1.29 is 14.4 Å². The molecule has 0 N–H and O–H groups in total. The normalized spacial score (nSPS) is 24.3. The van der Waals surface area contributed by atoms with Crippen LogP contribution < -0.4 is 0 Å². The van der Waals surface area contributed by atoms with Crippen molar-refractivity contribution in [1.29, 1.82) is 0 Å². The molecule has 3 amide bonds. The quantitative estimate of drug-likeness (QED) is 0.767. The Hall–Kier alpha value is -1.59. The van der Waals surface area contributed by atoms with E-state index in [1.807, 2.05) is 4.90 Å². The second-order valence-electron chi connectivity index (χ2n) is 6.61. The highest BCUT2D eigenvalue weighted by Crippen LogP contribution is 2.24. The monoisotopic (exact) mass is 307 g/mol. The van der Waals surface area contributed by atoms with Crippen molar-refractivity contribution in [2.45, 2.75) is 51.0 Å². The first-order valence-electron chi connectivity index (χ1n) is 8.50. The van der Waals surface area contributed by atoms with Crippen molar-refractivity contribution in [3.8, 4) is 0 Å². The summed E-state index contributed by atoms with van der Waals surface area (Å²) in [5, 5.41) is 0. The van der Waals surface area contributed by atoms with E-state index in [1.54, 1.807) is 9.80 Å². The fourth-order valence-corrected chi connectivity index (χ4v) is 3.81. The second kappa shape index (κ2) is 6.67. The van der Waals surface area contributed by atoms with Gasteiger partial charge in [0.15, 0.2) is 0 Å². The van der Waals surface area contributed by atoms with E-state index < -0.39 is 0 Å². The molecule has 2 aliphatic heterocycles. The Morgan fingerprint density at radius 2 is 1.73 bits per heavy atom. The van der Waals surface area contributed by atoms with Gasteiger partial charge >= 0.3 is 0 Å². The van der Waals surface area contributed by atoms with Crippen LogP contribution in [0.4, 0.5) is 0 Å². The third-order valence-electron chi connectivity index (χ3n) is 5.12. The van der Waals surface area contributed by atoms with E-state index >= 15 is 0 Å². The summed E-state index contributed by atoms with van der Waals surface area (Å²) in [6.45, 7) is 2.22. The molecule has 122 valence electrons. The van der Waals surface area contributed by atoms with Crippen molar-refractivity contribution in [2.24, 2.45) is 0 Å². The molecular weight excluding hydrogens is 282 g/mol. The number of hydrogen-bond donors (Lipinski definition) is 0. The van der Waals surface area contributed by atoms with Crippen molar-refractivity contribution in [3.05, 3.63) is 0 Å². The maximum atomic E-state index is 12.4. The molecule has 0 radical (unpaired) electrons. The van der Waals surface area contributed by atoms with Crippen molar-refractivity contribution in [3.63, 3.8) is 0 Å². The molecule has 3 fully saturated rings. The fraction of sp³-hybridized carbons (Fsp3) is 0.812. The van der Waals surface area contributed by atoms with Gasteiger partial charge in [-0.3, -0.25) is 14.4 Å². The first kappa shape index (κ1) is 15.3. The Balaban J connectivity index is 1.52. The second-order valence-corrected chi connectivity index (χ2v) is 6.61. The highest BCUT2D eigenvalue weighted by molar-refractivity contribution is 5.89. The summed E-state index contributed by atoms with van der Waals surface area (Å²) in [5.74, 6) is 0.0339. The summed E-state index contributed by atoms with van der Waals surface area (Å²) < 4.78 is 0. The van der Waals surface area contributed by atoms with Crippen molar-refractivity contribution in [1.82, 2.24) is 14.7 Å². The summed E-state index contributed by atoms with van der Waals surface area (Å²) >= 11 is 0. The average Bonchev–Trinajstić information content (AvgIpc) is 2.93. The third kappa shape index (κ3) is 3.25. The Morgan fingerprint density at radius 1 is 0.955 bits per heavy atom. The Kier molecular flexibility index (Phi) is 4.64. The van der Waals surface area contributed by atoms with E-state index in [9.17, 15) is 14.4 Å². The molecule has 1 aliphatic carbocycles. The van der Waals surface area contributed by atoms with Gasteiger partial charge in [0.2, 0.25) is 17.7 Å². The lowest BCUT2D eigenvalue weighted by Crippen LogP contribution is -2.57. The number of nitrogens with zero attached hydrogens (tertiary/aromatic N) is 3. The fourth-order valence-electron chi connectivity index (χ4n) is 3.81. The van der Waals surface area contributed by atoms with E-state index in [2.05, 4.69) is 0 Å². The van der Waals surface area contributed by atoms with Crippen LogP contribution in [0.15, 0.2) is 0 Å². The first-order valence-corrected chi connectivity index (χ1v) is 8.50. The van der Waals surface area contributed by atoms with Crippen molar-refractivity contribution in [2.75, 3.05) is 32.7 Å². The summed E-state index contributed by atoms with van der Waals surface area (Å²) in [6, 6.07) is 0.374. The van der Waals surface area contributed by atoms with Gasteiger partial charge in [0.05, 0.1) is 13.1 Å². The Morgan fingerprint density at radius 3 is 2.36 bits per heavy atom. The molecule has 0 atom stereocenters. The Bertz CT molecular complexity index is 460. The van der Waals surface area contributed by atoms with Gasteiger partial charge in [-0.1, -0.05) is 19.3 Å². The zero-order chi connectivity index (χ0) is 15.5. The summed E-state index contributed by atoms with van der Waals surface area (Å²) in [4.78, 5) is 41.5. The number of carbonyl (C=O) groups is 3. The van der Waals surface area contributed by atoms with E-state index in [1.165, 1.54) is 19.3 Å². The molecule has 22 heavy (non-hydrogen) atoms. The highest BCUT2D eigenvalue weighted by atomic mass is 16.2. The van der Waals surface area contributed by atoms with Gasteiger partial charge in [-0.25, -0.2) is 0 Å². The molecule has 0 aromatic heterocycles. The number of hydrogen-bond acceptors (Lipinski definition) is 3. The largest absolute Gasteiger partial charge is 0.336 e. The van der Waals surface area contributed by atoms with Crippen LogP contribution in [0.1, 0.15) is 44.9 Å². The average molecular weight is 307 g/mol. The van der Waals surface area contributed by atoms with Gasteiger partial charge in [0.1, 0.15) is 0 Å². The van der Waals surface area contributed by atoms with Gasteiger partial charge in [0.25, 0.3) is 0 Å². The molecule has 0 bridgehead atoms. The molecule has 3 rings (SSSR count). The third-order valence-corrected chi connectivity index (χ3v) is 5.12. The topological polar surface area (TPSA) is 60.9 Å². The Labute approximate surface area is 131 Å².